The van der Waals surface area contributed by atoms with Gasteiger partial charge in [-0.05, 0) is 63.8 Å². The molecule has 0 spiro atoms. The van der Waals surface area contributed by atoms with Gasteiger partial charge >= 0.3 is 6.03 Å². The second-order valence-corrected chi connectivity index (χ2v) is 9.84. The van der Waals surface area contributed by atoms with Gasteiger partial charge in [0.25, 0.3) is 11.8 Å². The largest absolute Gasteiger partial charge is 0.512 e. The summed E-state index contributed by atoms with van der Waals surface area (Å²) in [6.07, 6.45) is 5.45. The summed E-state index contributed by atoms with van der Waals surface area (Å²) in [5.74, 6) is 6.44. The molecular weight excluding hydrogens is 408 g/mol. The molecule has 4 aliphatic rings. The van der Waals surface area contributed by atoms with Crippen LogP contribution in [-0.4, -0.2) is 72.0 Å². The summed E-state index contributed by atoms with van der Waals surface area (Å²) in [5, 5.41) is 15.4. The summed E-state index contributed by atoms with van der Waals surface area (Å²) in [4.78, 5) is 41.9. The number of allylic oxidation sites excluding steroid dienone is 1. The Morgan fingerprint density at radius 3 is 2.56 bits per heavy atom. The Morgan fingerprint density at radius 1 is 1.22 bits per heavy atom. The van der Waals surface area contributed by atoms with Gasteiger partial charge in [-0.25, -0.2) is 4.79 Å². The summed E-state index contributed by atoms with van der Waals surface area (Å²) in [5.41, 5.74) is 0.390. The Kier molecular flexibility index (Phi) is 6.04. The molecule has 0 radical (unpaired) electrons. The number of nitrogens with one attached hydrogen (secondary N) is 2. The minimum atomic E-state index is -1.12. The van der Waals surface area contributed by atoms with Crippen LogP contribution in [0.1, 0.15) is 39.0 Å². The lowest BCUT2D eigenvalue weighted by Crippen LogP contribution is -2.61. The van der Waals surface area contributed by atoms with E-state index in [0.29, 0.717) is 24.5 Å². The van der Waals surface area contributed by atoms with Crippen molar-refractivity contribution in [2.45, 2.75) is 44.6 Å². The lowest BCUT2D eigenvalue weighted by atomic mass is 9.71. The molecule has 0 aromatic heterocycles. The highest BCUT2D eigenvalue weighted by molar-refractivity contribution is 6.08. The van der Waals surface area contributed by atoms with Gasteiger partial charge in [-0.3, -0.25) is 19.8 Å². The molecule has 0 aromatic carbocycles. The molecule has 4 rings (SSSR count). The minimum absolute atomic E-state index is 0.0196. The van der Waals surface area contributed by atoms with Crippen molar-refractivity contribution in [3.63, 3.8) is 0 Å². The number of carbonyl (C=O) groups is 3. The molecule has 2 aliphatic heterocycles. The van der Waals surface area contributed by atoms with E-state index in [1.54, 1.807) is 11.0 Å². The minimum Gasteiger partial charge on any atom is -0.512 e. The fourth-order valence-electron chi connectivity index (χ4n) is 5.35. The Bertz CT molecular complexity index is 949. The van der Waals surface area contributed by atoms with E-state index in [1.165, 1.54) is 0 Å². The lowest BCUT2D eigenvalue weighted by Gasteiger charge is -2.40. The first kappa shape index (κ1) is 22.4. The highest BCUT2D eigenvalue weighted by Gasteiger charge is 2.54. The summed E-state index contributed by atoms with van der Waals surface area (Å²) >= 11 is 0. The molecule has 0 bridgehead atoms. The highest BCUT2D eigenvalue weighted by atomic mass is 16.3. The standard InChI is InChI=1S/C24H32N4O4/c1-15-11-17-13-28(21(30)19(17)12-20(15)29)14-24(22(31)25-23(32)26-24)18-8-6-16(7-9-18)5-4-10-27(2)3/h12,15-16,18,29H,6-11,13-14H2,1-3H3,(H2,25,26,31,32)/t15?,16?,18?,24-/m0/s1. The van der Waals surface area contributed by atoms with Gasteiger partial charge in [0.1, 0.15) is 5.54 Å². The highest BCUT2D eigenvalue weighted by Crippen LogP contribution is 2.40. The normalized spacial score (nSPS) is 32.4. The van der Waals surface area contributed by atoms with Crippen LogP contribution in [0.3, 0.4) is 0 Å². The van der Waals surface area contributed by atoms with Crippen molar-refractivity contribution in [1.29, 1.82) is 0 Å². The van der Waals surface area contributed by atoms with Gasteiger partial charge in [0.05, 0.1) is 18.8 Å². The third kappa shape index (κ3) is 4.14. The molecule has 1 saturated carbocycles. The zero-order chi connectivity index (χ0) is 23.0. The van der Waals surface area contributed by atoms with Gasteiger partial charge in [0, 0.05) is 24.0 Å². The third-order valence-electron chi connectivity index (χ3n) is 7.16. The van der Waals surface area contributed by atoms with E-state index >= 15 is 0 Å². The van der Waals surface area contributed by atoms with Gasteiger partial charge in [0.15, 0.2) is 0 Å². The fourth-order valence-corrected chi connectivity index (χ4v) is 5.35. The molecular formula is C24H32N4O4. The average Bonchev–Trinajstić information content (AvgIpc) is 3.18. The summed E-state index contributed by atoms with van der Waals surface area (Å²) in [6, 6.07) is -0.501. The van der Waals surface area contributed by atoms with E-state index in [-0.39, 0.29) is 36.0 Å². The van der Waals surface area contributed by atoms with E-state index in [4.69, 9.17) is 0 Å². The van der Waals surface area contributed by atoms with Gasteiger partial charge < -0.3 is 15.3 Å². The van der Waals surface area contributed by atoms with Crippen molar-refractivity contribution >= 4 is 17.8 Å². The van der Waals surface area contributed by atoms with Crippen molar-refractivity contribution in [1.82, 2.24) is 20.4 Å². The SMILES string of the molecule is CC1CC2=C(C=C1O)C(=O)N(C[C@@]1(C3CCC(C#CCN(C)C)CC3)NC(=O)NC1=O)C2. The van der Waals surface area contributed by atoms with Crippen molar-refractivity contribution in [3.8, 4) is 11.8 Å². The maximum Gasteiger partial charge on any atom is 0.322 e. The number of hydrogen-bond donors (Lipinski definition) is 3. The van der Waals surface area contributed by atoms with Crippen LogP contribution in [0.15, 0.2) is 23.0 Å². The monoisotopic (exact) mass is 440 g/mol. The van der Waals surface area contributed by atoms with E-state index < -0.39 is 11.6 Å². The Labute approximate surface area is 189 Å². The zero-order valence-electron chi connectivity index (χ0n) is 19.0. The summed E-state index contributed by atoms with van der Waals surface area (Å²) in [6.45, 7) is 3.22. The second-order valence-electron chi connectivity index (χ2n) is 9.84. The first-order chi connectivity index (χ1) is 15.2. The van der Waals surface area contributed by atoms with Crippen molar-refractivity contribution in [2.24, 2.45) is 17.8 Å². The van der Waals surface area contributed by atoms with Crippen LogP contribution in [0.5, 0.6) is 0 Å². The first-order valence-electron chi connectivity index (χ1n) is 11.4. The predicted octanol–water partition coefficient (Wildman–Crippen LogP) is 1.56. The number of imide groups is 1. The molecule has 2 fully saturated rings. The topological polar surface area (TPSA) is 102 Å². The molecule has 32 heavy (non-hydrogen) atoms. The van der Waals surface area contributed by atoms with Crippen LogP contribution in [0.4, 0.5) is 4.79 Å². The van der Waals surface area contributed by atoms with Crippen LogP contribution >= 0.6 is 0 Å². The summed E-state index contributed by atoms with van der Waals surface area (Å²) in [7, 11) is 3.97. The van der Waals surface area contributed by atoms with Crippen LogP contribution in [0.2, 0.25) is 0 Å². The smallest absolute Gasteiger partial charge is 0.322 e. The number of aliphatic hydroxyl groups is 1. The molecule has 4 amide bonds. The van der Waals surface area contributed by atoms with Crippen molar-refractivity contribution in [3.05, 3.63) is 23.0 Å². The molecule has 172 valence electrons. The molecule has 0 aromatic rings. The maximum absolute atomic E-state index is 13.1. The molecule has 3 N–H and O–H groups in total. The molecule has 2 aliphatic carbocycles. The number of hydrogen-bond acceptors (Lipinski definition) is 5. The van der Waals surface area contributed by atoms with E-state index in [1.807, 2.05) is 25.9 Å². The van der Waals surface area contributed by atoms with Crippen LogP contribution in [0.25, 0.3) is 0 Å². The van der Waals surface area contributed by atoms with E-state index in [2.05, 4.69) is 22.5 Å². The number of aliphatic hydroxyl groups excluding tert-OH is 1. The van der Waals surface area contributed by atoms with Gasteiger partial charge in [-0.1, -0.05) is 18.8 Å². The predicted molar refractivity (Wildman–Crippen MR) is 119 cm³/mol. The fraction of sp³-hybridized carbons (Fsp3) is 0.625. The number of carbonyl (C=O) groups excluding carboxylic acids is 3. The number of rotatable bonds is 4. The lowest BCUT2D eigenvalue weighted by molar-refractivity contribution is -0.131. The van der Waals surface area contributed by atoms with Crippen molar-refractivity contribution < 1.29 is 19.5 Å². The Balaban J connectivity index is 1.48. The number of urea groups is 1. The quantitative estimate of drug-likeness (QED) is 0.455. The molecule has 2 atom stereocenters. The first-order valence-corrected chi connectivity index (χ1v) is 11.4. The molecule has 2 heterocycles. The third-order valence-corrected chi connectivity index (χ3v) is 7.16. The second kappa shape index (κ2) is 8.62. The van der Waals surface area contributed by atoms with Gasteiger partial charge in [0.2, 0.25) is 0 Å². The maximum atomic E-state index is 13.1. The molecule has 8 nitrogen and oxygen atoms in total. The van der Waals surface area contributed by atoms with Crippen LogP contribution < -0.4 is 10.6 Å². The van der Waals surface area contributed by atoms with Gasteiger partial charge in [-0.15, -0.1) is 0 Å². The van der Waals surface area contributed by atoms with Crippen LogP contribution in [-0.2, 0) is 9.59 Å². The molecule has 1 unspecified atom stereocenters. The number of nitrogens with zero attached hydrogens (tertiary/aromatic N) is 2. The van der Waals surface area contributed by atoms with Crippen molar-refractivity contribution in [2.75, 3.05) is 33.7 Å². The Hall–Kier alpha value is -2.79. The molecule has 1 saturated heterocycles. The average molecular weight is 441 g/mol. The number of amides is 4. The van der Waals surface area contributed by atoms with Crippen LogP contribution in [0, 0.1) is 29.6 Å². The van der Waals surface area contributed by atoms with E-state index in [0.717, 1.165) is 37.8 Å². The zero-order valence-corrected chi connectivity index (χ0v) is 19.0. The summed E-state index contributed by atoms with van der Waals surface area (Å²) < 4.78 is 0. The van der Waals surface area contributed by atoms with E-state index in [9.17, 15) is 19.5 Å². The Morgan fingerprint density at radius 2 is 1.94 bits per heavy atom. The molecule has 8 heteroatoms. The van der Waals surface area contributed by atoms with Gasteiger partial charge in [-0.2, -0.15) is 0 Å².